The number of nitrogens with two attached hydrogens (primary N) is 1. The van der Waals surface area contributed by atoms with E-state index in [1.54, 1.807) is 25.3 Å². The van der Waals surface area contributed by atoms with Gasteiger partial charge >= 0.3 is 0 Å². The molecule has 4 heteroatoms. The number of hydrogen-bond acceptors (Lipinski definition) is 3. The van der Waals surface area contributed by atoms with Crippen molar-refractivity contribution in [2.45, 2.75) is 39.0 Å². The van der Waals surface area contributed by atoms with Gasteiger partial charge in [-0.2, -0.15) is 0 Å². The van der Waals surface area contributed by atoms with Crippen molar-refractivity contribution >= 4 is 11.6 Å². The van der Waals surface area contributed by atoms with Crippen molar-refractivity contribution in [2.75, 3.05) is 19.4 Å². The van der Waals surface area contributed by atoms with Gasteiger partial charge in [-0.15, -0.1) is 0 Å². The number of anilines is 1. The number of rotatable bonds is 5. The summed E-state index contributed by atoms with van der Waals surface area (Å²) in [6.45, 7) is 3.05. The van der Waals surface area contributed by atoms with Gasteiger partial charge in [0.15, 0.2) is 0 Å². The molecule has 21 heavy (non-hydrogen) atoms. The molecule has 3 N–H and O–H groups in total. The molecule has 1 aliphatic carbocycles. The van der Waals surface area contributed by atoms with Crippen LogP contribution in [0.4, 0.5) is 5.69 Å². The van der Waals surface area contributed by atoms with Gasteiger partial charge in [-0.25, -0.2) is 0 Å². The summed E-state index contributed by atoms with van der Waals surface area (Å²) >= 11 is 0. The highest BCUT2D eigenvalue weighted by molar-refractivity contribution is 5.97. The van der Waals surface area contributed by atoms with Gasteiger partial charge < -0.3 is 15.8 Å². The van der Waals surface area contributed by atoms with Gasteiger partial charge in [-0.3, -0.25) is 4.79 Å². The van der Waals surface area contributed by atoms with Crippen molar-refractivity contribution in [1.82, 2.24) is 5.32 Å². The fourth-order valence-corrected chi connectivity index (χ4v) is 3.00. The second kappa shape index (κ2) is 7.34. The molecule has 0 radical (unpaired) electrons. The molecule has 0 atom stereocenters. The van der Waals surface area contributed by atoms with Gasteiger partial charge in [0.05, 0.1) is 12.7 Å². The van der Waals surface area contributed by atoms with E-state index < -0.39 is 0 Å². The van der Waals surface area contributed by atoms with Crippen molar-refractivity contribution in [3.8, 4) is 5.75 Å². The molecule has 0 unspecified atom stereocenters. The van der Waals surface area contributed by atoms with Crippen LogP contribution in [0.1, 0.15) is 49.4 Å². The average molecular weight is 290 g/mol. The SMILES string of the molecule is COc1cc(N)ccc1C(=O)NCCC1CCC(C)CC1. The lowest BCUT2D eigenvalue weighted by molar-refractivity contribution is 0.0946. The second-order valence-corrected chi connectivity index (χ2v) is 6.13. The van der Waals surface area contributed by atoms with E-state index in [0.717, 1.165) is 24.8 Å². The number of methoxy groups -OCH3 is 1. The topological polar surface area (TPSA) is 64.3 Å². The minimum Gasteiger partial charge on any atom is -0.496 e. The van der Waals surface area contributed by atoms with E-state index in [1.807, 2.05) is 0 Å². The van der Waals surface area contributed by atoms with Gasteiger partial charge in [-0.05, 0) is 30.4 Å². The number of nitrogens with one attached hydrogen (secondary N) is 1. The largest absolute Gasteiger partial charge is 0.496 e. The molecule has 0 aromatic heterocycles. The molecule has 0 bridgehead atoms. The van der Waals surface area contributed by atoms with Gasteiger partial charge in [-0.1, -0.05) is 32.6 Å². The molecular formula is C17H26N2O2. The third kappa shape index (κ3) is 4.38. The molecule has 1 amide bonds. The molecule has 0 heterocycles. The van der Waals surface area contributed by atoms with Gasteiger partial charge in [0.25, 0.3) is 5.91 Å². The van der Waals surface area contributed by atoms with Gasteiger partial charge in [0.2, 0.25) is 0 Å². The molecular weight excluding hydrogens is 264 g/mol. The molecule has 2 rings (SSSR count). The maximum atomic E-state index is 12.2. The van der Waals surface area contributed by atoms with E-state index in [2.05, 4.69) is 12.2 Å². The molecule has 0 saturated heterocycles. The zero-order valence-electron chi connectivity index (χ0n) is 13.0. The first kappa shape index (κ1) is 15.7. The van der Waals surface area contributed by atoms with E-state index in [0.29, 0.717) is 17.0 Å². The smallest absolute Gasteiger partial charge is 0.255 e. The second-order valence-electron chi connectivity index (χ2n) is 6.13. The van der Waals surface area contributed by atoms with Crippen LogP contribution in [0.2, 0.25) is 0 Å². The van der Waals surface area contributed by atoms with Crippen LogP contribution in [0.3, 0.4) is 0 Å². The van der Waals surface area contributed by atoms with Crippen LogP contribution in [-0.4, -0.2) is 19.6 Å². The minimum atomic E-state index is -0.0870. The van der Waals surface area contributed by atoms with E-state index in [-0.39, 0.29) is 5.91 Å². The van der Waals surface area contributed by atoms with Crippen molar-refractivity contribution in [2.24, 2.45) is 11.8 Å². The van der Waals surface area contributed by atoms with Crippen molar-refractivity contribution in [1.29, 1.82) is 0 Å². The highest BCUT2D eigenvalue weighted by atomic mass is 16.5. The Kier molecular flexibility index (Phi) is 5.48. The Hall–Kier alpha value is -1.71. The average Bonchev–Trinajstić information content (AvgIpc) is 2.49. The first-order valence-corrected chi connectivity index (χ1v) is 7.82. The maximum absolute atomic E-state index is 12.2. The molecule has 4 nitrogen and oxygen atoms in total. The number of carbonyl (C=O) groups excluding carboxylic acids is 1. The summed E-state index contributed by atoms with van der Waals surface area (Å²) in [6, 6.07) is 5.11. The standard InChI is InChI=1S/C17H26N2O2/c1-12-3-5-13(6-4-12)9-10-19-17(20)15-8-7-14(18)11-16(15)21-2/h7-8,11-13H,3-6,9-10,18H2,1-2H3,(H,19,20). The predicted octanol–water partition coefficient (Wildman–Crippen LogP) is 3.22. The Morgan fingerprint density at radius 2 is 2.05 bits per heavy atom. The van der Waals surface area contributed by atoms with Crippen LogP contribution in [-0.2, 0) is 0 Å². The Balaban J connectivity index is 1.82. The number of amides is 1. The maximum Gasteiger partial charge on any atom is 0.255 e. The van der Waals surface area contributed by atoms with Crippen LogP contribution in [0.5, 0.6) is 5.75 Å². The quantitative estimate of drug-likeness (QED) is 0.818. The zero-order valence-corrected chi connectivity index (χ0v) is 13.0. The lowest BCUT2D eigenvalue weighted by Gasteiger charge is -2.26. The molecule has 1 saturated carbocycles. The Morgan fingerprint density at radius 3 is 2.71 bits per heavy atom. The Bertz CT molecular complexity index is 480. The first-order valence-electron chi connectivity index (χ1n) is 7.82. The first-order chi connectivity index (χ1) is 10.1. The Labute approximate surface area is 127 Å². The summed E-state index contributed by atoms with van der Waals surface area (Å²) in [6.07, 6.45) is 6.30. The highest BCUT2D eigenvalue weighted by Gasteiger charge is 2.18. The molecule has 1 aromatic carbocycles. The van der Waals surface area contributed by atoms with Crippen LogP contribution in [0.15, 0.2) is 18.2 Å². The number of carbonyl (C=O) groups is 1. The minimum absolute atomic E-state index is 0.0870. The van der Waals surface area contributed by atoms with Crippen LogP contribution in [0.25, 0.3) is 0 Å². The van der Waals surface area contributed by atoms with Crippen LogP contribution >= 0.6 is 0 Å². The summed E-state index contributed by atoms with van der Waals surface area (Å²) in [5.41, 5.74) is 6.84. The number of nitrogen functional groups attached to an aromatic ring is 1. The van der Waals surface area contributed by atoms with Gasteiger partial charge in [0.1, 0.15) is 5.75 Å². The van der Waals surface area contributed by atoms with Crippen molar-refractivity contribution in [3.05, 3.63) is 23.8 Å². The zero-order chi connectivity index (χ0) is 15.2. The fourth-order valence-electron chi connectivity index (χ4n) is 3.00. The summed E-state index contributed by atoms with van der Waals surface area (Å²) in [4.78, 5) is 12.2. The fraction of sp³-hybridized carbons (Fsp3) is 0.588. The normalized spacial score (nSPS) is 21.8. The summed E-state index contributed by atoms with van der Waals surface area (Å²) < 4.78 is 5.21. The van der Waals surface area contributed by atoms with E-state index in [1.165, 1.54) is 25.7 Å². The lowest BCUT2D eigenvalue weighted by atomic mass is 9.81. The van der Waals surface area contributed by atoms with Crippen LogP contribution < -0.4 is 15.8 Å². The lowest BCUT2D eigenvalue weighted by Crippen LogP contribution is -2.27. The van der Waals surface area contributed by atoms with Crippen LogP contribution in [0, 0.1) is 11.8 Å². The number of hydrogen-bond donors (Lipinski definition) is 2. The summed E-state index contributed by atoms with van der Waals surface area (Å²) in [5.74, 6) is 2.07. The molecule has 0 spiro atoms. The van der Waals surface area contributed by atoms with Crippen molar-refractivity contribution in [3.63, 3.8) is 0 Å². The summed E-state index contributed by atoms with van der Waals surface area (Å²) in [5, 5.41) is 2.99. The number of ether oxygens (including phenoxy) is 1. The molecule has 1 fully saturated rings. The number of benzene rings is 1. The molecule has 116 valence electrons. The highest BCUT2D eigenvalue weighted by Crippen LogP contribution is 2.30. The Morgan fingerprint density at radius 1 is 1.33 bits per heavy atom. The van der Waals surface area contributed by atoms with E-state index >= 15 is 0 Å². The molecule has 1 aliphatic rings. The predicted molar refractivity (Wildman–Crippen MR) is 85.5 cm³/mol. The van der Waals surface area contributed by atoms with Gasteiger partial charge in [0, 0.05) is 18.3 Å². The van der Waals surface area contributed by atoms with Crippen molar-refractivity contribution < 1.29 is 9.53 Å². The summed E-state index contributed by atoms with van der Waals surface area (Å²) in [7, 11) is 1.55. The molecule has 0 aliphatic heterocycles. The monoisotopic (exact) mass is 290 g/mol. The van der Waals surface area contributed by atoms with E-state index in [9.17, 15) is 4.79 Å². The van der Waals surface area contributed by atoms with E-state index in [4.69, 9.17) is 10.5 Å². The molecule has 1 aromatic rings. The third-order valence-electron chi connectivity index (χ3n) is 4.44. The third-order valence-corrected chi connectivity index (χ3v) is 4.44.